The van der Waals surface area contributed by atoms with Crippen LogP contribution in [0, 0.1) is 0 Å². The molecule has 1 aliphatic rings. The van der Waals surface area contributed by atoms with E-state index in [9.17, 15) is 9.59 Å². The maximum atomic E-state index is 12.2. The molecule has 138 valence electrons. The predicted octanol–water partition coefficient (Wildman–Crippen LogP) is 2.33. The van der Waals surface area contributed by atoms with Crippen molar-refractivity contribution in [3.63, 3.8) is 0 Å². The minimum Gasteiger partial charge on any atom is -0.497 e. The quantitative estimate of drug-likeness (QED) is 0.878. The number of rotatable bonds is 4. The smallest absolute Gasteiger partial charge is 0.317 e. The number of likely N-dealkylation sites (tertiary alicyclic amines) is 1. The second kappa shape index (κ2) is 8.23. The fraction of sp³-hybridized carbons (Fsp3) is 0.579. The normalized spacial score (nSPS) is 15.6. The number of nitrogens with one attached hydrogen (secondary N) is 2. The van der Waals surface area contributed by atoms with E-state index in [-0.39, 0.29) is 23.5 Å². The van der Waals surface area contributed by atoms with E-state index in [1.54, 1.807) is 7.11 Å². The van der Waals surface area contributed by atoms with E-state index in [0.29, 0.717) is 19.5 Å². The number of hydrogen-bond donors (Lipinski definition) is 2. The summed E-state index contributed by atoms with van der Waals surface area (Å²) >= 11 is 0. The van der Waals surface area contributed by atoms with Gasteiger partial charge in [0, 0.05) is 24.7 Å². The van der Waals surface area contributed by atoms with Crippen LogP contribution < -0.4 is 15.4 Å². The third-order valence-electron chi connectivity index (χ3n) is 4.13. The van der Waals surface area contributed by atoms with E-state index in [4.69, 9.17) is 4.74 Å². The number of ether oxygens (including phenoxy) is 1. The van der Waals surface area contributed by atoms with Crippen LogP contribution in [0.1, 0.15) is 39.2 Å². The lowest BCUT2D eigenvalue weighted by molar-refractivity contribution is -0.121. The molecule has 1 aromatic rings. The van der Waals surface area contributed by atoms with Crippen LogP contribution in [-0.2, 0) is 11.2 Å². The predicted molar refractivity (Wildman–Crippen MR) is 97.7 cm³/mol. The van der Waals surface area contributed by atoms with Gasteiger partial charge in [0.25, 0.3) is 0 Å². The summed E-state index contributed by atoms with van der Waals surface area (Å²) in [4.78, 5) is 26.2. The molecule has 0 aromatic heterocycles. The molecule has 1 aromatic carbocycles. The Morgan fingerprint density at radius 3 is 2.52 bits per heavy atom. The number of urea groups is 1. The maximum Gasteiger partial charge on any atom is 0.317 e. The van der Waals surface area contributed by atoms with Crippen molar-refractivity contribution in [1.82, 2.24) is 15.5 Å². The number of piperidine rings is 1. The number of nitrogens with zero attached hydrogens (tertiary/aromatic N) is 1. The summed E-state index contributed by atoms with van der Waals surface area (Å²) in [5, 5.41) is 6.05. The Morgan fingerprint density at radius 1 is 1.24 bits per heavy atom. The fourth-order valence-corrected chi connectivity index (χ4v) is 2.87. The van der Waals surface area contributed by atoms with E-state index in [1.165, 1.54) is 0 Å². The van der Waals surface area contributed by atoms with Gasteiger partial charge in [-0.05, 0) is 51.3 Å². The van der Waals surface area contributed by atoms with Gasteiger partial charge in [0.05, 0.1) is 13.5 Å². The zero-order chi connectivity index (χ0) is 18.4. The Bertz CT molecular complexity index is 602. The molecule has 0 bridgehead atoms. The molecular formula is C19H29N3O3. The molecule has 6 nitrogen and oxygen atoms in total. The van der Waals surface area contributed by atoms with Crippen molar-refractivity contribution < 1.29 is 14.3 Å². The van der Waals surface area contributed by atoms with Gasteiger partial charge in [0.15, 0.2) is 0 Å². The molecule has 1 saturated heterocycles. The standard InChI is InChI=1S/C19H29N3O3/c1-19(2,3)21-18(24)22-10-8-15(9-11-22)20-17(23)13-14-6-5-7-16(12-14)25-4/h5-7,12,15H,8-11,13H2,1-4H3,(H,20,23)(H,21,24). The second-order valence-corrected chi connectivity index (χ2v) is 7.54. The first-order valence-corrected chi connectivity index (χ1v) is 8.76. The number of hydrogen-bond acceptors (Lipinski definition) is 3. The molecule has 0 radical (unpaired) electrons. The highest BCUT2D eigenvalue weighted by molar-refractivity contribution is 5.79. The summed E-state index contributed by atoms with van der Waals surface area (Å²) in [6.45, 7) is 7.22. The molecule has 1 aliphatic heterocycles. The number of carbonyl (C=O) groups excluding carboxylic acids is 2. The molecule has 0 unspecified atom stereocenters. The summed E-state index contributed by atoms with van der Waals surface area (Å²) in [6, 6.07) is 7.62. The van der Waals surface area contributed by atoms with Crippen LogP contribution in [-0.4, -0.2) is 48.6 Å². The molecular weight excluding hydrogens is 318 g/mol. The van der Waals surface area contributed by atoms with Gasteiger partial charge in [0.2, 0.25) is 5.91 Å². The third-order valence-corrected chi connectivity index (χ3v) is 4.13. The number of carbonyl (C=O) groups is 2. The van der Waals surface area contributed by atoms with Crippen molar-refractivity contribution in [3.05, 3.63) is 29.8 Å². The van der Waals surface area contributed by atoms with E-state index in [0.717, 1.165) is 24.2 Å². The van der Waals surface area contributed by atoms with Crippen LogP contribution in [0.25, 0.3) is 0 Å². The Labute approximate surface area is 149 Å². The van der Waals surface area contributed by atoms with Crippen LogP contribution in [0.5, 0.6) is 5.75 Å². The third kappa shape index (κ3) is 6.29. The lowest BCUT2D eigenvalue weighted by Gasteiger charge is -2.34. The summed E-state index contributed by atoms with van der Waals surface area (Å²) in [5.41, 5.74) is 0.692. The Kier molecular flexibility index (Phi) is 6.28. The second-order valence-electron chi connectivity index (χ2n) is 7.54. The zero-order valence-electron chi connectivity index (χ0n) is 15.6. The molecule has 0 spiro atoms. The van der Waals surface area contributed by atoms with Gasteiger partial charge in [-0.15, -0.1) is 0 Å². The first kappa shape index (κ1) is 19.1. The first-order chi connectivity index (χ1) is 11.8. The van der Waals surface area contributed by atoms with Gasteiger partial charge in [-0.2, -0.15) is 0 Å². The van der Waals surface area contributed by atoms with Crippen LogP contribution >= 0.6 is 0 Å². The Balaban J connectivity index is 1.77. The average molecular weight is 347 g/mol. The van der Waals surface area contributed by atoms with Crippen molar-refractivity contribution in [2.45, 2.75) is 51.6 Å². The molecule has 2 N–H and O–H groups in total. The highest BCUT2D eigenvalue weighted by atomic mass is 16.5. The summed E-state index contributed by atoms with van der Waals surface area (Å²) in [6.07, 6.45) is 1.89. The minimum atomic E-state index is -0.237. The molecule has 25 heavy (non-hydrogen) atoms. The lowest BCUT2D eigenvalue weighted by atomic mass is 10.0. The Morgan fingerprint density at radius 2 is 1.92 bits per heavy atom. The molecule has 1 heterocycles. The summed E-state index contributed by atoms with van der Waals surface area (Å²) in [7, 11) is 1.61. The van der Waals surface area contributed by atoms with Crippen LogP contribution in [0.3, 0.4) is 0 Å². The van der Waals surface area contributed by atoms with Crippen LogP contribution in [0.15, 0.2) is 24.3 Å². The molecule has 0 saturated carbocycles. The highest BCUT2D eigenvalue weighted by Gasteiger charge is 2.25. The van der Waals surface area contributed by atoms with Gasteiger partial charge in [-0.1, -0.05) is 12.1 Å². The van der Waals surface area contributed by atoms with E-state index < -0.39 is 0 Å². The van der Waals surface area contributed by atoms with Crippen LogP contribution in [0.2, 0.25) is 0 Å². The first-order valence-electron chi connectivity index (χ1n) is 8.76. The molecule has 0 atom stereocenters. The molecule has 0 aliphatic carbocycles. The largest absolute Gasteiger partial charge is 0.497 e. The number of methoxy groups -OCH3 is 1. The van der Waals surface area contributed by atoms with Crippen molar-refractivity contribution in [3.8, 4) is 5.75 Å². The minimum absolute atomic E-state index is 0.00541. The summed E-state index contributed by atoms with van der Waals surface area (Å²) in [5.74, 6) is 0.759. The number of benzene rings is 1. The van der Waals surface area contributed by atoms with E-state index >= 15 is 0 Å². The maximum absolute atomic E-state index is 12.2. The monoisotopic (exact) mass is 347 g/mol. The Hall–Kier alpha value is -2.24. The topological polar surface area (TPSA) is 70.7 Å². The van der Waals surface area contributed by atoms with E-state index in [2.05, 4.69) is 10.6 Å². The van der Waals surface area contributed by atoms with Crippen molar-refractivity contribution in [2.75, 3.05) is 20.2 Å². The molecule has 1 fully saturated rings. The fourth-order valence-electron chi connectivity index (χ4n) is 2.87. The van der Waals surface area contributed by atoms with Gasteiger partial charge in [0.1, 0.15) is 5.75 Å². The van der Waals surface area contributed by atoms with Gasteiger partial charge in [-0.25, -0.2) is 4.79 Å². The van der Waals surface area contributed by atoms with E-state index in [1.807, 2.05) is 49.9 Å². The molecule has 6 heteroatoms. The number of amides is 3. The van der Waals surface area contributed by atoms with Gasteiger partial charge in [-0.3, -0.25) is 4.79 Å². The average Bonchev–Trinajstić information content (AvgIpc) is 2.54. The lowest BCUT2D eigenvalue weighted by Crippen LogP contribution is -2.53. The molecule has 2 rings (SSSR count). The zero-order valence-corrected chi connectivity index (χ0v) is 15.6. The SMILES string of the molecule is COc1cccc(CC(=O)NC2CCN(C(=O)NC(C)(C)C)CC2)c1. The molecule has 3 amide bonds. The van der Waals surface area contributed by atoms with Crippen molar-refractivity contribution in [1.29, 1.82) is 0 Å². The van der Waals surface area contributed by atoms with Crippen LogP contribution in [0.4, 0.5) is 4.79 Å². The van der Waals surface area contributed by atoms with Crippen molar-refractivity contribution >= 4 is 11.9 Å². The van der Waals surface area contributed by atoms with Gasteiger partial charge < -0.3 is 20.3 Å². The highest BCUT2D eigenvalue weighted by Crippen LogP contribution is 2.14. The van der Waals surface area contributed by atoms with Gasteiger partial charge >= 0.3 is 6.03 Å². The van der Waals surface area contributed by atoms with Crippen molar-refractivity contribution in [2.24, 2.45) is 0 Å². The summed E-state index contributed by atoms with van der Waals surface area (Å²) < 4.78 is 5.18.